The van der Waals surface area contributed by atoms with E-state index in [1.807, 2.05) is 0 Å². The van der Waals surface area contributed by atoms with Crippen molar-refractivity contribution in [1.82, 2.24) is 9.80 Å². The molecule has 0 spiro atoms. The van der Waals surface area contributed by atoms with Crippen molar-refractivity contribution in [2.75, 3.05) is 19.6 Å². The first kappa shape index (κ1) is 18.8. The SMILES string of the molecule is CC(=O)N(CC(=O)O)C1CCCN(C(=O)c2ccc([N+](=O)[O-])s2)CC1. The van der Waals surface area contributed by atoms with Crippen LogP contribution in [-0.2, 0) is 9.59 Å². The Kier molecular flexibility index (Phi) is 6.07. The Morgan fingerprint density at radius 2 is 2.08 bits per heavy atom. The molecule has 0 saturated carbocycles. The normalized spacial score (nSPS) is 17.6. The van der Waals surface area contributed by atoms with Crippen LogP contribution in [0.5, 0.6) is 0 Å². The predicted octanol–water partition coefficient (Wildman–Crippen LogP) is 1.58. The third-order valence-electron chi connectivity index (χ3n) is 4.12. The second-order valence-electron chi connectivity index (χ2n) is 5.81. The molecule has 2 heterocycles. The third-order valence-corrected chi connectivity index (χ3v) is 5.14. The minimum atomic E-state index is -1.07. The van der Waals surface area contributed by atoms with E-state index < -0.39 is 10.9 Å². The zero-order valence-corrected chi connectivity index (χ0v) is 14.5. The number of thiophene rings is 1. The van der Waals surface area contributed by atoms with Crippen molar-refractivity contribution in [3.05, 3.63) is 27.1 Å². The van der Waals surface area contributed by atoms with Crippen LogP contribution in [0.1, 0.15) is 35.9 Å². The van der Waals surface area contributed by atoms with Gasteiger partial charge in [-0.25, -0.2) is 0 Å². The molecule has 1 aromatic heterocycles. The summed E-state index contributed by atoms with van der Waals surface area (Å²) in [7, 11) is 0. The molecule has 0 radical (unpaired) electrons. The zero-order chi connectivity index (χ0) is 18.6. The molecule has 25 heavy (non-hydrogen) atoms. The monoisotopic (exact) mass is 369 g/mol. The number of hydrogen-bond donors (Lipinski definition) is 1. The summed E-state index contributed by atoms with van der Waals surface area (Å²) < 4.78 is 0. The Bertz CT molecular complexity index is 689. The zero-order valence-electron chi connectivity index (χ0n) is 13.7. The van der Waals surface area contributed by atoms with Gasteiger partial charge in [0.2, 0.25) is 5.91 Å². The molecular formula is C15H19N3O6S. The van der Waals surface area contributed by atoms with E-state index in [0.717, 1.165) is 11.3 Å². The quantitative estimate of drug-likeness (QED) is 0.621. The van der Waals surface area contributed by atoms with E-state index >= 15 is 0 Å². The lowest BCUT2D eigenvalue weighted by Gasteiger charge is -2.28. The van der Waals surface area contributed by atoms with Crippen molar-refractivity contribution >= 4 is 34.1 Å². The van der Waals surface area contributed by atoms with Crippen molar-refractivity contribution < 1.29 is 24.4 Å². The molecule has 1 unspecified atom stereocenters. The topological polar surface area (TPSA) is 121 Å². The Hall–Kier alpha value is -2.49. The fraction of sp³-hybridized carbons (Fsp3) is 0.533. The molecule has 136 valence electrons. The van der Waals surface area contributed by atoms with Gasteiger partial charge in [0, 0.05) is 32.1 Å². The van der Waals surface area contributed by atoms with Crippen LogP contribution < -0.4 is 0 Å². The molecule has 1 saturated heterocycles. The van der Waals surface area contributed by atoms with Gasteiger partial charge in [0.05, 0.1) is 9.80 Å². The highest BCUT2D eigenvalue weighted by Crippen LogP contribution is 2.26. The lowest BCUT2D eigenvalue weighted by Crippen LogP contribution is -2.43. The summed E-state index contributed by atoms with van der Waals surface area (Å²) in [5.74, 6) is -1.65. The first-order chi connectivity index (χ1) is 11.8. The number of carboxylic acids is 1. The summed E-state index contributed by atoms with van der Waals surface area (Å²) in [6.07, 6.45) is 1.72. The smallest absolute Gasteiger partial charge is 0.324 e. The highest BCUT2D eigenvalue weighted by molar-refractivity contribution is 7.17. The van der Waals surface area contributed by atoms with Crippen LogP contribution >= 0.6 is 11.3 Å². The van der Waals surface area contributed by atoms with Gasteiger partial charge in [-0.15, -0.1) is 0 Å². The van der Waals surface area contributed by atoms with Gasteiger partial charge in [-0.3, -0.25) is 24.5 Å². The number of aliphatic carboxylic acids is 1. The maximum Gasteiger partial charge on any atom is 0.324 e. The van der Waals surface area contributed by atoms with Crippen LogP contribution in [0.25, 0.3) is 0 Å². The Morgan fingerprint density at radius 1 is 1.36 bits per heavy atom. The van der Waals surface area contributed by atoms with E-state index in [1.165, 1.54) is 24.0 Å². The molecule has 1 atom stereocenters. The molecule has 1 aromatic rings. The number of carboxylic acid groups (broad SMARTS) is 1. The number of likely N-dealkylation sites (tertiary alicyclic amines) is 1. The number of carbonyl (C=O) groups is 3. The van der Waals surface area contributed by atoms with E-state index in [9.17, 15) is 24.5 Å². The van der Waals surface area contributed by atoms with Gasteiger partial charge in [-0.05, 0) is 25.3 Å². The molecular weight excluding hydrogens is 350 g/mol. The molecule has 1 aliphatic heterocycles. The van der Waals surface area contributed by atoms with Crippen LogP contribution in [0, 0.1) is 10.1 Å². The van der Waals surface area contributed by atoms with Crippen molar-refractivity contribution in [1.29, 1.82) is 0 Å². The molecule has 0 bridgehead atoms. The number of carbonyl (C=O) groups excluding carboxylic acids is 2. The number of hydrogen-bond acceptors (Lipinski definition) is 6. The molecule has 0 aliphatic carbocycles. The summed E-state index contributed by atoms with van der Waals surface area (Å²) in [5, 5.41) is 19.6. The van der Waals surface area contributed by atoms with Gasteiger partial charge < -0.3 is 14.9 Å². The molecule has 10 heteroatoms. The van der Waals surface area contributed by atoms with Crippen molar-refractivity contribution in [2.24, 2.45) is 0 Å². The summed E-state index contributed by atoms with van der Waals surface area (Å²) >= 11 is 0.837. The minimum Gasteiger partial charge on any atom is -0.480 e. The van der Waals surface area contributed by atoms with Crippen LogP contribution in [0.3, 0.4) is 0 Å². The number of nitro groups is 1. The van der Waals surface area contributed by atoms with E-state index in [-0.39, 0.29) is 29.4 Å². The number of nitrogens with zero attached hydrogens (tertiary/aromatic N) is 3. The fourth-order valence-corrected chi connectivity index (χ4v) is 3.72. The summed E-state index contributed by atoms with van der Waals surface area (Å²) in [5.41, 5.74) is 0. The lowest BCUT2D eigenvalue weighted by molar-refractivity contribution is -0.380. The second-order valence-corrected chi connectivity index (χ2v) is 6.87. The highest BCUT2D eigenvalue weighted by atomic mass is 32.1. The van der Waals surface area contributed by atoms with Gasteiger partial charge in [0.15, 0.2) is 0 Å². The molecule has 1 fully saturated rings. The average molecular weight is 369 g/mol. The molecule has 1 N–H and O–H groups in total. The van der Waals surface area contributed by atoms with Crippen LogP contribution in [-0.4, -0.2) is 63.3 Å². The van der Waals surface area contributed by atoms with E-state index in [0.29, 0.717) is 37.2 Å². The van der Waals surface area contributed by atoms with Gasteiger partial charge in [-0.2, -0.15) is 0 Å². The van der Waals surface area contributed by atoms with Gasteiger partial charge in [0.1, 0.15) is 6.54 Å². The van der Waals surface area contributed by atoms with E-state index in [1.54, 1.807) is 4.90 Å². The van der Waals surface area contributed by atoms with Crippen molar-refractivity contribution in [3.8, 4) is 0 Å². The van der Waals surface area contributed by atoms with Crippen LogP contribution in [0.2, 0.25) is 0 Å². The van der Waals surface area contributed by atoms with Crippen LogP contribution in [0.15, 0.2) is 12.1 Å². The van der Waals surface area contributed by atoms with E-state index in [4.69, 9.17) is 5.11 Å². The minimum absolute atomic E-state index is 0.0831. The Labute approximate surface area is 148 Å². The van der Waals surface area contributed by atoms with Crippen LogP contribution in [0.4, 0.5) is 5.00 Å². The number of rotatable bonds is 5. The molecule has 2 rings (SSSR count). The second kappa shape index (κ2) is 8.06. The highest BCUT2D eigenvalue weighted by Gasteiger charge is 2.28. The number of amides is 2. The van der Waals surface area contributed by atoms with Crippen molar-refractivity contribution in [3.63, 3.8) is 0 Å². The van der Waals surface area contributed by atoms with Gasteiger partial charge >= 0.3 is 11.0 Å². The maximum atomic E-state index is 12.5. The first-order valence-corrected chi connectivity index (χ1v) is 8.63. The predicted molar refractivity (Wildman–Crippen MR) is 89.5 cm³/mol. The molecule has 9 nitrogen and oxygen atoms in total. The first-order valence-electron chi connectivity index (χ1n) is 7.82. The van der Waals surface area contributed by atoms with Gasteiger partial charge in [0.25, 0.3) is 5.91 Å². The maximum absolute atomic E-state index is 12.5. The molecule has 0 aromatic carbocycles. The summed E-state index contributed by atoms with van der Waals surface area (Å²) in [4.78, 5) is 48.6. The summed E-state index contributed by atoms with van der Waals surface area (Å²) in [6, 6.07) is 2.52. The Balaban J connectivity index is 2.04. The van der Waals surface area contributed by atoms with Gasteiger partial charge in [-0.1, -0.05) is 11.3 Å². The molecule has 1 aliphatic rings. The largest absolute Gasteiger partial charge is 0.480 e. The summed E-state index contributed by atoms with van der Waals surface area (Å²) in [6.45, 7) is 1.82. The Morgan fingerprint density at radius 3 is 2.64 bits per heavy atom. The van der Waals surface area contributed by atoms with Crippen molar-refractivity contribution in [2.45, 2.75) is 32.2 Å². The molecule has 2 amide bonds. The fourth-order valence-electron chi connectivity index (χ4n) is 2.93. The average Bonchev–Trinajstić information content (AvgIpc) is 2.91. The standard InChI is InChI=1S/C15H19N3O6S/c1-10(19)17(9-14(20)21)11-3-2-7-16(8-6-11)15(22)12-4-5-13(25-12)18(23)24/h4-5,11H,2-3,6-9H2,1H3,(H,20,21). The third kappa shape index (κ3) is 4.75. The van der Waals surface area contributed by atoms with E-state index in [2.05, 4.69) is 0 Å². The lowest BCUT2D eigenvalue weighted by atomic mass is 10.1.